The van der Waals surface area contributed by atoms with Crippen molar-refractivity contribution in [3.8, 4) is 11.3 Å². The molecule has 7 heteroatoms. The van der Waals surface area contributed by atoms with Crippen LogP contribution in [0.5, 0.6) is 0 Å². The van der Waals surface area contributed by atoms with Crippen LogP contribution in [0.15, 0.2) is 54.7 Å². The molecule has 0 unspecified atom stereocenters. The minimum atomic E-state index is -0.110. The van der Waals surface area contributed by atoms with Gasteiger partial charge in [-0.1, -0.05) is 35.3 Å². The zero-order valence-corrected chi connectivity index (χ0v) is 19.1. The summed E-state index contributed by atoms with van der Waals surface area (Å²) in [6.45, 7) is 5.31. The first-order chi connectivity index (χ1) is 14.9. The Morgan fingerprint density at radius 1 is 1.10 bits per heavy atom. The molecule has 0 saturated heterocycles. The van der Waals surface area contributed by atoms with Gasteiger partial charge in [-0.2, -0.15) is 5.10 Å². The van der Waals surface area contributed by atoms with Crippen LogP contribution in [0.2, 0.25) is 10.0 Å². The molecule has 1 amide bonds. The van der Waals surface area contributed by atoms with E-state index < -0.39 is 0 Å². The summed E-state index contributed by atoms with van der Waals surface area (Å²) < 4.78 is 1.92. The molecular formula is C24H22Cl2N4O. The van der Waals surface area contributed by atoms with Crippen LogP contribution in [0.3, 0.4) is 0 Å². The van der Waals surface area contributed by atoms with E-state index in [2.05, 4.69) is 5.10 Å². The van der Waals surface area contributed by atoms with Crippen molar-refractivity contribution in [2.75, 3.05) is 7.05 Å². The van der Waals surface area contributed by atoms with E-state index in [1.807, 2.05) is 61.1 Å². The van der Waals surface area contributed by atoms with Crippen LogP contribution in [-0.4, -0.2) is 32.6 Å². The van der Waals surface area contributed by atoms with Crippen LogP contribution < -0.4 is 0 Å². The van der Waals surface area contributed by atoms with Gasteiger partial charge in [0.25, 0.3) is 5.91 Å². The first-order valence-corrected chi connectivity index (χ1v) is 10.8. The lowest BCUT2D eigenvalue weighted by Crippen LogP contribution is -2.26. The van der Waals surface area contributed by atoms with Crippen molar-refractivity contribution in [2.45, 2.75) is 26.9 Å². The number of pyridine rings is 1. The fraction of sp³-hybridized carbons (Fsp3) is 0.208. The fourth-order valence-corrected chi connectivity index (χ4v) is 4.03. The van der Waals surface area contributed by atoms with Crippen molar-refractivity contribution >= 4 is 40.0 Å². The zero-order chi connectivity index (χ0) is 22.1. The van der Waals surface area contributed by atoms with Crippen molar-refractivity contribution in [3.63, 3.8) is 0 Å². The second kappa shape index (κ2) is 8.69. The molecule has 0 spiro atoms. The van der Waals surface area contributed by atoms with Crippen LogP contribution in [0.4, 0.5) is 0 Å². The molecule has 0 N–H and O–H groups in total. The number of aromatic nitrogens is 3. The number of carbonyl (C=O) groups excluding carboxylic acids is 1. The minimum absolute atomic E-state index is 0.110. The average molecular weight is 453 g/mol. The number of aryl methyl sites for hydroxylation is 1. The molecule has 5 nitrogen and oxygen atoms in total. The summed E-state index contributed by atoms with van der Waals surface area (Å²) in [6, 6.07) is 14.6. The number of amides is 1. The SMILES string of the molecule is CCn1ncc(CN(C)C(=O)c2cc(-c3cccc(Cl)c3)nc3ccc(Cl)cc23)c1C. The van der Waals surface area contributed by atoms with Gasteiger partial charge in [-0.15, -0.1) is 0 Å². The number of fused-ring (bicyclic) bond motifs is 1. The molecule has 0 aliphatic rings. The Labute approximate surface area is 191 Å². The highest BCUT2D eigenvalue weighted by Crippen LogP contribution is 2.29. The smallest absolute Gasteiger partial charge is 0.254 e. The topological polar surface area (TPSA) is 51.0 Å². The van der Waals surface area contributed by atoms with Gasteiger partial charge < -0.3 is 4.90 Å². The molecule has 2 aromatic carbocycles. The predicted octanol–water partition coefficient (Wildman–Crippen LogP) is 6.01. The Morgan fingerprint density at radius 3 is 2.58 bits per heavy atom. The first-order valence-electron chi connectivity index (χ1n) is 10.0. The van der Waals surface area contributed by atoms with E-state index in [1.54, 1.807) is 24.1 Å². The highest BCUT2D eigenvalue weighted by Gasteiger charge is 2.19. The highest BCUT2D eigenvalue weighted by atomic mass is 35.5. The van der Waals surface area contributed by atoms with E-state index in [0.717, 1.165) is 28.8 Å². The lowest BCUT2D eigenvalue weighted by Gasteiger charge is -2.19. The maximum atomic E-state index is 13.5. The quantitative estimate of drug-likeness (QED) is 0.372. The van der Waals surface area contributed by atoms with E-state index in [4.69, 9.17) is 28.2 Å². The van der Waals surface area contributed by atoms with Crippen LogP contribution in [0, 0.1) is 6.92 Å². The molecule has 0 atom stereocenters. The second-order valence-corrected chi connectivity index (χ2v) is 8.33. The van der Waals surface area contributed by atoms with Crippen LogP contribution in [-0.2, 0) is 13.1 Å². The summed E-state index contributed by atoms with van der Waals surface area (Å²) >= 11 is 12.4. The van der Waals surface area contributed by atoms with Gasteiger partial charge in [-0.3, -0.25) is 9.48 Å². The maximum Gasteiger partial charge on any atom is 0.254 e. The Hall–Kier alpha value is -2.89. The van der Waals surface area contributed by atoms with E-state index in [-0.39, 0.29) is 5.91 Å². The number of rotatable bonds is 5. The normalized spacial score (nSPS) is 11.1. The van der Waals surface area contributed by atoms with Gasteiger partial charge in [0.2, 0.25) is 0 Å². The monoisotopic (exact) mass is 452 g/mol. The van der Waals surface area contributed by atoms with E-state index in [9.17, 15) is 4.79 Å². The van der Waals surface area contributed by atoms with Gasteiger partial charge in [-0.05, 0) is 50.2 Å². The molecule has 0 aliphatic carbocycles. The number of hydrogen-bond acceptors (Lipinski definition) is 3. The number of benzene rings is 2. The van der Waals surface area contributed by atoms with Crippen molar-refractivity contribution in [1.82, 2.24) is 19.7 Å². The number of carbonyl (C=O) groups is 1. The minimum Gasteiger partial charge on any atom is -0.337 e. The highest BCUT2D eigenvalue weighted by molar-refractivity contribution is 6.31. The molecule has 0 saturated carbocycles. The third-order valence-electron chi connectivity index (χ3n) is 5.38. The van der Waals surface area contributed by atoms with E-state index >= 15 is 0 Å². The molecule has 31 heavy (non-hydrogen) atoms. The molecule has 0 fully saturated rings. The molecule has 0 radical (unpaired) electrons. The van der Waals surface area contributed by atoms with Gasteiger partial charge in [-0.25, -0.2) is 4.98 Å². The predicted molar refractivity (Wildman–Crippen MR) is 126 cm³/mol. The number of nitrogens with zero attached hydrogens (tertiary/aromatic N) is 4. The van der Waals surface area contributed by atoms with Crippen molar-refractivity contribution in [2.24, 2.45) is 0 Å². The Bertz CT molecular complexity index is 1280. The van der Waals surface area contributed by atoms with Gasteiger partial charge in [0, 0.05) is 52.4 Å². The third kappa shape index (κ3) is 4.29. The molecule has 0 bridgehead atoms. The van der Waals surface area contributed by atoms with E-state index in [0.29, 0.717) is 33.4 Å². The van der Waals surface area contributed by atoms with Gasteiger partial charge >= 0.3 is 0 Å². The molecular weight excluding hydrogens is 431 g/mol. The third-order valence-corrected chi connectivity index (χ3v) is 5.85. The Kier molecular flexibility index (Phi) is 5.99. The molecule has 2 aromatic heterocycles. The summed E-state index contributed by atoms with van der Waals surface area (Å²) in [4.78, 5) is 20.0. The molecule has 158 valence electrons. The van der Waals surface area contributed by atoms with Crippen molar-refractivity contribution in [3.05, 3.63) is 81.6 Å². The lowest BCUT2D eigenvalue weighted by atomic mass is 10.0. The van der Waals surface area contributed by atoms with E-state index in [1.165, 1.54) is 0 Å². The molecule has 0 aliphatic heterocycles. The summed E-state index contributed by atoms with van der Waals surface area (Å²) in [7, 11) is 1.79. The first kappa shape index (κ1) is 21.3. The Balaban J connectivity index is 1.77. The number of hydrogen-bond donors (Lipinski definition) is 0. The van der Waals surface area contributed by atoms with Crippen molar-refractivity contribution in [1.29, 1.82) is 0 Å². The number of halogens is 2. The van der Waals surface area contributed by atoms with Crippen LogP contribution in [0.25, 0.3) is 22.2 Å². The summed E-state index contributed by atoms with van der Waals surface area (Å²) in [5, 5.41) is 6.27. The standard InChI is InChI=1S/C24H22Cl2N4O/c1-4-30-15(2)17(13-27-30)14-29(3)24(31)21-12-23(16-6-5-7-18(25)10-16)28-22-9-8-19(26)11-20(21)22/h5-13H,4,14H2,1-3H3. The lowest BCUT2D eigenvalue weighted by molar-refractivity contribution is 0.0787. The summed E-state index contributed by atoms with van der Waals surface area (Å²) in [6.07, 6.45) is 1.82. The molecule has 2 heterocycles. The summed E-state index contributed by atoms with van der Waals surface area (Å²) in [5.41, 5.74) is 4.86. The fourth-order valence-electron chi connectivity index (χ4n) is 3.66. The van der Waals surface area contributed by atoms with Crippen LogP contribution in [0.1, 0.15) is 28.5 Å². The zero-order valence-electron chi connectivity index (χ0n) is 17.6. The van der Waals surface area contributed by atoms with Crippen molar-refractivity contribution < 1.29 is 4.79 Å². The second-order valence-electron chi connectivity index (χ2n) is 7.46. The van der Waals surface area contributed by atoms with Gasteiger partial charge in [0.1, 0.15) is 0 Å². The average Bonchev–Trinajstić information content (AvgIpc) is 3.11. The Morgan fingerprint density at radius 2 is 1.87 bits per heavy atom. The molecule has 4 rings (SSSR count). The van der Waals surface area contributed by atoms with Gasteiger partial charge in [0.15, 0.2) is 0 Å². The molecule has 4 aromatic rings. The largest absolute Gasteiger partial charge is 0.337 e. The van der Waals surface area contributed by atoms with Crippen LogP contribution >= 0.6 is 23.2 Å². The maximum absolute atomic E-state index is 13.5. The summed E-state index contributed by atoms with van der Waals surface area (Å²) in [5.74, 6) is -0.110. The van der Waals surface area contributed by atoms with Gasteiger partial charge in [0.05, 0.1) is 23.0 Å².